The number of hydrogen-bond acceptors (Lipinski definition) is 3. The van der Waals surface area contributed by atoms with Crippen molar-refractivity contribution in [3.63, 3.8) is 0 Å². The summed E-state index contributed by atoms with van der Waals surface area (Å²) >= 11 is 3.67. The van der Waals surface area contributed by atoms with Crippen molar-refractivity contribution in [2.45, 2.75) is 31.7 Å². The van der Waals surface area contributed by atoms with Gasteiger partial charge in [0.05, 0.1) is 6.61 Å². The Kier molecular flexibility index (Phi) is 4.65. The Labute approximate surface area is 106 Å². The van der Waals surface area contributed by atoms with Crippen molar-refractivity contribution in [1.82, 2.24) is 4.90 Å². The van der Waals surface area contributed by atoms with Gasteiger partial charge in [0.25, 0.3) is 0 Å². The highest BCUT2D eigenvalue weighted by Crippen LogP contribution is 2.37. The summed E-state index contributed by atoms with van der Waals surface area (Å²) in [4.78, 5) is 2.48. The molecule has 1 N–H and O–H groups in total. The normalized spacial score (nSPS) is 24.9. The summed E-state index contributed by atoms with van der Waals surface area (Å²) in [6, 6.07) is 0.742. The van der Waals surface area contributed by atoms with Crippen LogP contribution in [-0.2, 0) is 4.74 Å². The molecule has 0 spiro atoms. The van der Waals surface area contributed by atoms with Gasteiger partial charge in [-0.05, 0) is 31.1 Å². The third-order valence-electron chi connectivity index (χ3n) is 3.83. The summed E-state index contributed by atoms with van der Waals surface area (Å²) in [7, 11) is 0. The highest BCUT2D eigenvalue weighted by molar-refractivity contribution is 9.09. The minimum atomic E-state index is 0.283. The van der Waals surface area contributed by atoms with E-state index in [4.69, 9.17) is 9.84 Å². The van der Waals surface area contributed by atoms with E-state index in [0.717, 1.165) is 50.5 Å². The van der Waals surface area contributed by atoms with Gasteiger partial charge in [0.1, 0.15) is 0 Å². The van der Waals surface area contributed by atoms with Crippen LogP contribution < -0.4 is 0 Å². The molecule has 16 heavy (non-hydrogen) atoms. The second-order valence-corrected chi connectivity index (χ2v) is 5.73. The number of aliphatic hydroxyl groups is 1. The summed E-state index contributed by atoms with van der Waals surface area (Å²) < 4.78 is 5.46. The average Bonchev–Trinajstić information content (AvgIpc) is 3.14. The molecule has 0 amide bonds. The third-order valence-corrected chi connectivity index (χ3v) is 5.02. The first kappa shape index (κ1) is 12.8. The van der Waals surface area contributed by atoms with Gasteiger partial charge in [0, 0.05) is 37.7 Å². The van der Waals surface area contributed by atoms with Crippen LogP contribution in [0.15, 0.2) is 0 Å². The zero-order valence-electron chi connectivity index (χ0n) is 9.83. The Morgan fingerprint density at radius 2 is 2.00 bits per heavy atom. The molecule has 3 nitrogen and oxygen atoms in total. The molecule has 0 unspecified atom stereocenters. The number of halogens is 1. The molecule has 0 aromatic carbocycles. The molecule has 94 valence electrons. The van der Waals surface area contributed by atoms with E-state index in [1.165, 1.54) is 12.8 Å². The van der Waals surface area contributed by atoms with Crippen LogP contribution in [0, 0.1) is 5.41 Å². The van der Waals surface area contributed by atoms with Crippen molar-refractivity contribution in [3.8, 4) is 0 Å². The third kappa shape index (κ3) is 3.19. The lowest BCUT2D eigenvalue weighted by Crippen LogP contribution is -2.44. The van der Waals surface area contributed by atoms with Crippen LogP contribution in [0.4, 0.5) is 0 Å². The van der Waals surface area contributed by atoms with Crippen LogP contribution in [-0.4, -0.2) is 54.3 Å². The van der Waals surface area contributed by atoms with E-state index >= 15 is 0 Å². The van der Waals surface area contributed by atoms with Crippen molar-refractivity contribution in [2.75, 3.05) is 38.2 Å². The SMILES string of the molecule is OCCN(CC1(CBr)CCOCC1)C1CC1. The molecule has 0 aromatic rings. The molecule has 0 radical (unpaired) electrons. The first-order chi connectivity index (χ1) is 7.79. The molecule has 2 rings (SSSR count). The number of ether oxygens (including phenoxy) is 1. The van der Waals surface area contributed by atoms with Gasteiger partial charge < -0.3 is 9.84 Å². The van der Waals surface area contributed by atoms with Crippen molar-refractivity contribution in [3.05, 3.63) is 0 Å². The van der Waals surface area contributed by atoms with E-state index in [9.17, 15) is 0 Å². The molecule has 2 fully saturated rings. The van der Waals surface area contributed by atoms with Crippen molar-refractivity contribution >= 4 is 15.9 Å². The second-order valence-electron chi connectivity index (χ2n) is 5.17. The van der Waals surface area contributed by atoms with E-state index in [0.29, 0.717) is 5.41 Å². The number of aliphatic hydroxyl groups excluding tert-OH is 1. The van der Waals surface area contributed by atoms with E-state index < -0.39 is 0 Å². The van der Waals surface area contributed by atoms with E-state index in [-0.39, 0.29) is 6.61 Å². The van der Waals surface area contributed by atoms with E-state index in [1.54, 1.807) is 0 Å². The summed E-state index contributed by atoms with van der Waals surface area (Å²) in [6.07, 6.45) is 4.92. The van der Waals surface area contributed by atoms with Gasteiger partial charge in [-0.15, -0.1) is 0 Å². The van der Waals surface area contributed by atoms with Crippen LogP contribution in [0.25, 0.3) is 0 Å². The standard InChI is InChI=1S/C12H22BrNO2/c13-9-12(3-7-16-8-4-12)10-14(5-6-15)11-1-2-11/h11,15H,1-10H2. The second kappa shape index (κ2) is 5.80. The maximum Gasteiger partial charge on any atom is 0.0558 e. The molecule has 1 saturated carbocycles. The number of alkyl halides is 1. The fourth-order valence-corrected chi connectivity index (χ4v) is 3.27. The minimum absolute atomic E-state index is 0.283. The molecule has 1 aliphatic heterocycles. The summed E-state index contributed by atoms with van der Waals surface area (Å²) in [5.41, 5.74) is 0.371. The summed E-state index contributed by atoms with van der Waals surface area (Å²) in [5.74, 6) is 0. The van der Waals surface area contributed by atoms with Gasteiger partial charge >= 0.3 is 0 Å². The van der Waals surface area contributed by atoms with Crippen LogP contribution in [0.3, 0.4) is 0 Å². The average molecular weight is 292 g/mol. The summed E-state index contributed by atoms with van der Waals surface area (Å²) in [6.45, 7) is 4.02. The van der Waals surface area contributed by atoms with E-state index in [1.807, 2.05) is 0 Å². The Balaban J connectivity index is 1.91. The zero-order valence-corrected chi connectivity index (χ0v) is 11.4. The number of rotatable bonds is 6. The predicted molar refractivity (Wildman–Crippen MR) is 68.0 cm³/mol. The van der Waals surface area contributed by atoms with Crippen LogP contribution in [0.2, 0.25) is 0 Å². The van der Waals surface area contributed by atoms with Gasteiger partial charge in [-0.1, -0.05) is 15.9 Å². The van der Waals surface area contributed by atoms with Gasteiger partial charge in [0.2, 0.25) is 0 Å². The smallest absolute Gasteiger partial charge is 0.0558 e. The fourth-order valence-electron chi connectivity index (χ4n) is 2.53. The summed E-state index contributed by atoms with van der Waals surface area (Å²) in [5, 5.41) is 10.2. The Morgan fingerprint density at radius 3 is 2.50 bits per heavy atom. The minimum Gasteiger partial charge on any atom is -0.395 e. The van der Waals surface area contributed by atoms with Crippen molar-refractivity contribution in [2.24, 2.45) is 5.41 Å². The topological polar surface area (TPSA) is 32.7 Å². The Morgan fingerprint density at radius 1 is 1.31 bits per heavy atom. The van der Waals surface area contributed by atoms with E-state index in [2.05, 4.69) is 20.8 Å². The lowest BCUT2D eigenvalue weighted by atomic mass is 9.81. The Bertz CT molecular complexity index is 215. The number of hydrogen-bond donors (Lipinski definition) is 1. The first-order valence-electron chi connectivity index (χ1n) is 6.28. The van der Waals surface area contributed by atoms with Crippen LogP contribution in [0.5, 0.6) is 0 Å². The predicted octanol–water partition coefficient (Wildman–Crippen LogP) is 1.63. The van der Waals surface area contributed by atoms with Gasteiger partial charge in [0.15, 0.2) is 0 Å². The molecule has 1 heterocycles. The lowest BCUT2D eigenvalue weighted by Gasteiger charge is -2.40. The molecule has 0 bridgehead atoms. The van der Waals surface area contributed by atoms with Crippen LogP contribution in [0.1, 0.15) is 25.7 Å². The molecule has 0 atom stereocenters. The maximum absolute atomic E-state index is 9.12. The first-order valence-corrected chi connectivity index (χ1v) is 7.40. The molecule has 4 heteroatoms. The molecule has 0 aromatic heterocycles. The van der Waals surface area contributed by atoms with Gasteiger partial charge in [-0.3, -0.25) is 4.90 Å². The quantitative estimate of drug-likeness (QED) is 0.755. The molecule has 1 saturated heterocycles. The molecule has 1 aliphatic carbocycles. The van der Waals surface area contributed by atoms with Gasteiger partial charge in [-0.25, -0.2) is 0 Å². The Hall–Kier alpha value is 0.360. The highest BCUT2D eigenvalue weighted by Gasteiger charge is 2.37. The molecular formula is C12H22BrNO2. The fraction of sp³-hybridized carbons (Fsp3) is 1.00. The largest absolute Gasteiger partial charge is 0.395 e. The highest BCUT2D eigenvalue weighted by atomic mass is 79.9. The monoisotopic (exact) mass is 291 g/mol. The van der Waals surface area contributed by atoms with Crippen LogP contribution >= 0.6 is 15.9 Å². The molecular weight excluding hydrogens is 270 g/mol. The zero-order chi connectivity index (χ0) is 11.4. The van der Waals surface area contributed by atoms with Crippen molar-refractivity contribution < 1.29 is 9.84 Å². The number of nitrogens with zero attached hydrogens (tertiary/aromatic N) is 1. The van der Waals surface area contributed by atoms with Gasteiger partial charge in [-0.2, -0.15) is 0 Å². The maximum atomic E-state index is 9.12. The molecule has 2 aliphatic rings. The lowest BCUT2D eigenvalue weighted by molar-refractivity contribution is 0.00432. The van der Waals surface area contributed by atoms with Crippen molar-refractivity contribution in [1.29, 1.82) is 0 Å².